The molecule has 5 fully saturated rings. The van der Waals surface area contributed by atoms with Crippen molar-refractivity contribution in [2.24, 2.45) is 28.9 Å². The molecule has 4 aliphatic carbocycles. The van der Waals surface area contributed by atoms with E-state index in [4.69, 9.17) is 5.73 Å². The van der Waals surface area contributed by atoms with Crippen LogP contribution in [0.15, 0.2) is 0 Å². The molecule has 1 atom stereocenters. The summed E-state index contributed by atoms with van der Waals surface area (Å²) in [7, 11) is 0. The molecule has 2 heteroatoms. The molecule has 2 N–H and O–H groups in total. The number of hydrogen-bond acceptors (Lipinski definition) is 2. The Kier molecular flexibility index (Phi) is 2.65. The van der Waals surface area contributed by atoms with Crippen molar-refractivity contribution in [3.8, 4) is 0 Å². The number of nitrogens with zero attached hydrogens (tertiary/aromatic N) is 1. The normalized spacial score (nSPS) is 51.9. The Bertz CT molecular complexity index is 338. The monoisotopic (exact) mass is 262 g/mol. The Morgan fingerprint density at radius 2 is 1.53 bits per heavy atom. The fraction of sp³-hybridized carbons (Fsp3) is 1.00. The molecule has 1 aliphatic heterocycles. The van der Waals surface area contributed by atoms with Crippen LogP contribution < -0.4 is 5.73 Å². The molecule has 0 aromatic heterocycles. The van der Waals surface area contributed by atoms with Gasteiger partial charge in [0, 0.05) is 24.7 Å². The van der Waals surface area contributed by atoms with Crippen LogP contribution in [0.5, 0.6) is 0 Å². The van der Waals surface area contributed by atoms with Gasteiger partial charge in [-0.25, -0.2) is 0 Å². The summed E-state index contributed by atoms with van der Waals surface area (Å²) in [6.45, 7) is 7.31. The van der Waals surface area contributed by atoms with E-state index < -0.39 is 0 Å². The van der Waals surface area contributed by atoms with Gasteiger partial charge >= 0.3 is 0 Å². The van der Waals surface area contributed by atoms with Crippen LogP contribution in [0.2, 0.25) is 0 Å². The van der Waals surface area contributed by atoms with Crippen molar-refractivity contribution >= 4 is 0 Å². The number of nitrogens with two attached hydrogens (primary N) is 1. The third kappa shape index (κ3) is 1.90. The molecule has 1 unspecified atom stereocenters. The fourth-order valence-electron chi connectivity index (χ4n) is 6.34. The predicted molar refractivity (Wildman–Crippen MR) is 78.8 cm³/mol. The minimum absolute atomic E-state index is 0.226. The van der Waals surface area contributed by atoms with Crippen LogP contribution in [0.25, 0.3) is 0 Å². The van der Waals surface area contributed by atoms with Crippen molar-refractivity contribution in [1.82, 2.24) is 4.90 Å². The average Bonchev–Trinajstić information content (AvgIpc) is 2.54. The molecule has 4 saturated carbocycles. The topological polar surface area (TPSA) is 29.3 Å². The van der Waals surface area contributed by atoms with Crippen molar-refractivity contribution in [2.75, 3.05) is 13.1 Å². The third-order valence-electron chi connectivity index (χ3n) is 7.12. The van der Waals surface area contributed by atoms with Gasteiger partial charge in [-0.1, -0.05) is 0 Å². The smallest absolute Gasteiger partial charge is 0.0304 e. The highest BCUT2D eigenvalue weighted by Gasteiger charge is 2.53. The zero-order valence-corrected chi connectivity index (χ0v) is 12.7. The summed E-state index contributed by atoms with van der Waals surface area (Å²) in [5.74, 6) is 3.22. The second-order valence-electron chi connectivity index (χ2n) is 8.89. The summed E-state index contributed by atoms with van der Waals surface area (Å²) in [4.78, 5) is 2.74. The largest absolute Gasteiger partial charge is 0.326 e. The summed E-state index contributed by atoms with van der Waals surface area (Å²) in [6.07, 6.45) is 10.5. The molecular weight excluding hydrogens is 232 g/mol. The minimum atomic E-state index is 0.226. The maximum Gasteiger partial charge on any atom is 0.0304 e. The van der Waals surface area contributed by atoms with Crippen molar-refractivity contribution in [1.29, 1.82) is 0 Å². The zero-order valence-electron chi connectivity index (χ0n) is 12.7. The van der Waals surface area contributed by atoms with Gasteiger partial charge in [-0.2, -0.15) is 0 Å². The molecule has 1 heterocycles. The number of rotatable bonds is 2. The zero-order chi connectivity index (χ0) is 13.3. The highest BCUT2D eigenvalue weighted by atomic mass is 15.2. The highest BCUT2D eigenvalue weighted by Crippen LogP contribution is 2.60. The molecule has 4 bridgehead atoms. The van der Waals surface area contributed by atoms with Crippen molar-refractivity contribution in [2.45, 2.75) is 70.4 Å². The molecule has 5 aliphatic rings. The summed E-state index contributed by atoms with van der Waals surface area (Å²) < 4.78 is 0. The van der Waals surface area contributed by atoms with Gasteiger partial charge in [0.1, 0.15) is 0 Å². The predicted octanol–water partition coefficient (Wildman–Crippen LogP) is 3.01. The second kappa shape index (κ2) is 3.98. The van der Waals surface area contributed by atoms with Crippen LogP contribution in [0.4, 0.5) is 0 Å². The molecule has 5 rings (SSSR count). The van der Waals surface area contributed by atoms with E-state index in [0.717, 1.165) is 17.8 Å². The minimum Gasteiger partial charge on any atom is -0.326 e. The van der Waals surface area contributed by atoms with Gasteiger partial charge in [0.05, 0.1) is 0 Å². The van der Waals surface area contributed by atoms with Gasteiger partial charge in [-0.05, 0) is 82.0 Å². The summed E-state index contributed by atoms with van der Waals surface area (Å²) >= 11 is 0. The third-order valence-corrected chi connectivity index (χ3v) is 7.12. The first-order chi connectivity index (χ1) is 8.97. The molecule has 1 saturated heterocycles. The van der Waals surface area contributed by atoms with E-state index in [0.29, 0.717) is 11.5 Å². The molecule has 2 nitrogen and oxygen atoms in total. The molecule has 0 aromatic rings. The quantitative estimate of drug-likeness (QED) is 0.829. The van der Waals surface area contributed by atoms with Crippen molar-refractivity contribution in [3.05, 3.63) is 0 Å². The van der Waals surface area contributed by atoms with Crippen LogP contribution in [-0.2, 0) is 0 Å². The first-order valence-corrected chi connectivity index (χ1v) is 8.47. The van der Waals surface area contributed by atoms with Gasteiger partial charge in [-0.3, -0.25) is 4.90 Å². The molecule has 0 radical (unpaired) electrons. The van der Waals surface area contributed by atoms with Crippen LogP contribution in [0.1, 0.15) is 58.8 Å². The standard InChI is InChI=1S/C17H30N2/c1-16(2)15(18)3-4-19(16)11-17-8-12-5-13(9-17)7-14(6-12)10-17/h12-15H,3-11,18H2,1-2H3. The Hall–Kier alpha value is -0.0800. The van der Waals surface area contributed by atoms with Gasteiger partial charge < -0.3 is 5.73 Å². The number of likely N-dealkylation sites (tertiary alicyclic amines) is 1. The lowest BCUT2D eigenvalue weighted by molar-refractivity contribution is -0.0768. The van der Waals surface area contributed by atoms with E-state index in [1.807, 2.05) is 0 Å². The molecule has 0 spiro atoms. The lowest BCUT2D eigenvalue weighted by Gasteiger charge is -2.58. The van der Waals surface area contributed by atoms with E-state index in [2.05, 4.69) is 18.7 Å². The highest BCUT2D eigenvalue weighted by molar-refractivity contribution is 5.06. The summed E-state index contributed by atoms with van der Waals surface area (Å²) in [5.41, 5.74) is 7.23. The van der Waals surface area contributed by atoms with Gasteiger partial charge in [0.15, 0.2) is 0 Å². The fourth-order valence-corrected chi connectivity index (χ4v) is 6.34. The van der Waals surface area contributed by atoms with Gasteiger partial charge in [0.25, 0.3) is 0 Å². The van der Waals surface area contributed by atoms with E-state index in [1.165, 1.54) is 38.8 Å². The van der Waals surface area contributed by atoms with E-state index in [9.17, 15) is 0 Å². The number of hydrogen-bond donors (Lipinski definition) is 1. The molecule has 0 amide bonds. The molecule has 19 heavy (non-hydrogen) atoms. The Balaban J connectivity index is 1.54. The van der Waals surface area contributed by atoms with Crippen molar-refractivity contribution < 1.29 is 0 Å². The Morgan fingerprint density at radius 1 is 1.00 bits per heavy atom. The van der Waals surface area contributed by atoms with E-state index in [-0.39, 0.29) is 5.54 Å². The van der Waals surface area contributed by atoms with Crippen LogP contribution in [0.3, 0.4) is 0 Å². The Labute approximate surface area is 118 Å². The molecule has 108 valence electrons. The van der Waals surface area contributed by atoms with Gasteiger partial charge in [0.2, 0.25) is 0 Å². The first kappa shape index (κ1) is 12.6. The van der Waals surface area contributed by atoms with Gasteiger partial charge in [-0.15, -0.1) is 0 Å². The Morgan fingerprint density at radius 3 is 1.95 bits per heavy atom. The maximum absolute atomic E-state index is 6.33. The summed E-state index contributed by atoms with van der Waals surface area (Å²) in [6, 6.07) is 0.376. The average molecular weight is 262 g/mol. The SMILES string of the molecule is CC1(C)C(N)CCN1CC12CC3CC(CC(C3)C1)C2. The maximum atomic E-state index is 6.33. The first-order valence-electron chi connectivity index (χ1n) is 8.47. The lowest BCUT2D eigenvalue weighted by atomic mass is 9.49. The molecule has 0 aromatic carbocycles. The summed E-state index contributed by atoms with van der Waals surface area (Å²) in [5, 5.41) is 0. The van der Waals surface area contributed by atoms with E-state index in [1.54, 1.807) is 19.3 Å². The van der Waals surface area contributed by atoms with Crippen LogP contribution in [-0.4, -0.2) is 29.6 Å². The lowest BCUT2D eigenvalue weighted by Crippen LogP contribution is -2.56. The van der Waals surface area contributed by atoms with Crippen LogP contribution in [0, 0.1) is 23.2 Å². The van der Waals surface area contributed by atoms with Crippen molar-refractivity contribution in [3.63, 3.8) is 0 Å². The second-order valence-corrected chi connectivity index (χ2v) is 8.89. The van der Waals surface area contributed by atoms with Crippen LogP contribution >= 0.6 is 0 Å². The molecular formula is C17H30N2. The van der Waals surface area contributed by atoms with E-state index >= 15 is 0 Å².